The molecule has 6 rings (SSSR count). The van der Waals surface area contributed by atoms with Gasteiger partial charge in [-0.2, -0.15) is 0 Å². The van der Waals surface area contributed by atoms with Gasteiger partial charge < -0.3 is 34.2 Å². The highest BCUT2D eigenvalue weighted by molar-refractivity contribution is 6.03. The molecule has 2 aliphatic carbocycles. The van der Waals surface area contributed by atoms with Crippen LogP contribution in [0.3, 0.4) is 0 Å². The van der Waals surface area contributed by atoms with Crippen LogP contribution in [0.4, 0.5) is 10.1 Å². The predicted octanol–water partition coefficient (Wildman–Crippen LogP) is 12.9. The summed E-state index contributed by atoms with van der Waals surface area (Å²) in [6.07, 6.45) is 18.8. The van der Waals surface area contributed by atoms with Gasteiger partial charge in [0.25, 0.3) is 5.69 Å². The molecule has 0 radical (unpaired) electrons. The molecule has 69 heavy (non-hydrogen) atoms. The van der Waals surface area contributed by atoms with Crippen molar-refractivity contribution in [1.82, 2.24) is 4.90 Å². The lowest BCUT2D eigenvalue weighted by Gasteiger charge is -2.60. The first-order chi connectivity index (χ1) is 33.3. The van der Waals surface area contributed by atoms with E-state index in [4.69, 9.17) is 24.2 Å². The number of unbranched alkanes of at least 4 members (excludes halogenated alkanes) is 10. The molecule has 1 aliphatic heterocycles. The van der Waals surface area contributed by atoms with Crippen LogP contribution in [0.1, 0.15) is 154 Å². The molecular formula is C56H76FN3O9. The number of benzene rings is 3. The minimum Gasteiger partial charge on any atom is -0.459 e. The van der Waals surface area contributed by atoms with Crippen LogP contribution < -0.4 is 9.47 Å². The Labute approximate surface area is 409 Å². The summed E-state index contributed by atoms with van der Waals surface area (Å²) >= 11 is 0. The zero-order chi connectivity index (χ0) is 49.4. The van der Waals surface area contributed by atoms with Gasteiger partial charge in [0, 0.05) is 50.1 Å². The summed E-state index contributed by atoms with van der Waals surface area (Å²) in [4.78, 5) is 34.6. The topological polar surface area (TPSA) is 153 Å². The molecule has 0 aromatic heterocycles. The van der Waals surface area contributed by atoms with E-state index in [0.29, 0.717) is 48.6 Å². The molecular weight excluding hydrogens is 878 g/mol. The number of halogens is 1. The van der Waals surface area contributed by atoms with Crippen molar-refractivity contribution in [2.24, 2.45) is 22.9 Å². The van der Waals surface area contributed by atoms with Crippen molar-refractivity contribution in [2.45, 2.75) is 167 Å². The van der Waals surface area contributed by atoms with Gasteiger partial charge in [-0.15, -0.1) is 6.58 Å². The van der Waals surface area contributed by atoms with Crippen LogP contribution in [0.25, 0.3) is 0 Å². The summed E-state index contributed by atoms with van der Waals surface area (Å²) in [5.41, 5.74) is 2.46. The summed E-state index contributed by atoms with van der Waals surface area (Å²) in [5, 5.41) is 36.7. The zero-order valence-electron chi connectivity index (χ0n) is 41.4. The molecule has 376 valence electrons. The quantitative estimate of drug-likeness (QED) is 0.0313. The van der Waals surface area contributed by atoms with E-state index in [9.17, 15) is 24.7 Å². The molecule has 2 N–H and O–H groups in total. The maximum atomic E-state index is 15.2. The number of nitro benzene ring substituents is 1. The normalized spacial score (nSPS) is 22.2. The monoisotopic (exact) mass is 954 g/mol. The molecule has 0 saturated heterocycles. The minimum atomic E-state index is -1.49. The van der Waals surface area contributed by atoms with Gasteiger partial charge >= 0.3 is 0 Å². The smallest absolute Gasteiger partial charge is 0.273 e. The molecule has 6 atom stereocenters. The second-order valence-corrected chi connectivity index (χ2v) is 20.1. The Morgan fingerprint density at radius 1 is 0.928 bits per heavy atom. The summed E-state index contributed by atoms with van der Waals surface area (Å²) in [5.74, 6) is -1.48. The van der Waals surface area contributed by atoms with Crippen molar-refractivity contribution < 1.29 is 43.4 Å². The number of fused-ring (bicyclic) bond motifs is 2. The standard InChI is InChI=1S/C56H76FN3O9/c1-6-8-9-10-11-12-13-14-15-25-52(63)59(39-40-26-28-42(57)29-27-40)51-38-49(58-69-55(3,4)5)47-35-41(21-16-18-32-61)46(24-17-19-33-62)53-48-37-45(67-44-23-20-22-43(36-44)60(64)65)30-31-50(48)68-56(51,54(47)53)66-34-7-2/h7,20,22-23,26-31,35-37,41,46,51,53-54,61-62H,2,6,8-19,21,24-25,32-34,38-39H2,1,3-5H3/t41-,46+,51-,53+,54+,56+/m0/s1. The Morgan fingerprint density at radius 3 is 2.28 bits per heavy atom. The van der Waals surface area contributed by atoms with E-state index in [-0.39, 0.29) is 68.0 Å². The second kappa shape index (κ2) is 25.7. The third kappa shape index (κ3) is 14.0. The number of amides is 1. The molecule has 1 heterocycles. The summed E-state index contributed by atoms with van der Waals surface area (Å²) in [7, 11) is 0. The molecule has 0 spiro atoms. The number of hydrogen-bond acceptors (Lipinski definition) is 10. The third-order valence-electron chi connectivity index (χ3n) is 13.8. The Hall–Kier alpha value is -5.11. The van der Waals surface area contributed by atoms with Crippen LogP contribution >= 0.6 is 0 Å². The number of oxime groups is 1. The number of carbonyl (C=O) groups excluding carboxylic acids is 1. The number of nitro groups is 1. The molecule has 3 aromatic rings. The number of hydrogen-bond donors (Lipinski definition) is 2. The van der Waals surface area contributed by atoms with Crippen LogP contribution in [0.5, 0.6) is 17.2 Å². The van der Waals surface area contributed by atoms with Gasteiger partial charge in [-0.25, -0.2) is 4.39 Å². The highest BCUT2D eigenvalue weighted by Crippen LogP contribution is 2.62. The van der Waals surface area contributed by atoms with Crippen LogP contribution in [0.2, 0.25) is 0 Å². The Morgan fingerprint density at radius 2 is 1.61 bits per heavy atom. The van der Waals surface area contributed by atoms with Crippen LogP contribution in [-0.4, -0.2) is 68.9 Å². The fraction of sp³-hybridized carbons (Fsp3) is 0.571. The fourth-order valence-electron chi connectivity index (χ4n) is 10.6. The Bertz CT molecular complexity index is 2210. The van der Waals surface area contributed by atoms with Crippen LogP contribution in [0, 0.1) is 33.7 Å². The van der Waals surface area contributed by atoms with E-state index in [1.54, 1.807) is 36.4 Å². The van der Waals surface area contributed by atoms with E-state index in [2.05, 4.69) is 19.6 Å². The molecule has 12 nitrogen and oxygen atoms in total. The number of non-ortho nitro benzene ring substituents is 1. The lowest BCUT2D eigenvalue weighted by atomic mass is 9.55. The van der Waals surface area contributed by atoms with Crippen molar-refractivity contribution in [1.29, 1.82) is 0 Å². The first kappa shape index (κ1) is 53.2. The lowest BCUT2D eigenvalue weighted by Crippen LogP contribution is -2.70. The van der Waals surface area contributed by atoms with Gasteiger partial charge in [0.1, 0.15) is 34.7 Å². The Balaban J connectivity index is 1.53. The summed E-state index contributed by atoms with van der Waals surface area (Å²) in [6.45, 7) is 12.5. The van der Waals surface area contributed by atoms with Crippen LogP contribution in [-0.2, 0) is 20.9 Å². The number of nitrogens with zero attached hydrogens (tertiary/aromatic N) is 3. The summed E-state index contributed by atoms with van der Waals surface area (Å²) < 4.78 is 35.5. The average molecular weight is 954 g/mol. The van der Waals surface area contributed by atoms with E-state index < -0.39 is 28.3 Å². The molecule has 3 aromatic carbocycles. The number of carbonyl (C=O) groups is 1. The first-order valence-corrected chi connectivity index (χ1v) is 25.5. The van der Waals surface area contributed by atoms with E-state index in [1.165, 1.54) is 56.4 Å². The Kier molecular flexibility index (Phi) is 19.8. The molecule has 0 unspecified atom stereocenters. The number of aliphatic hydroxyl groups is 2. The van der Waals surface area contributed by atoms with E-state index in [1.807, 2.05) is 37.8 Å². The molecule has 1 fully saturated rings. The van der Waals surface area contributed by atoms with Crippen molar-refractivity contribution in [3.63, 3.8) is 0 Å². The zero-order valence-corrected chi connectivity index (χ0v) is 41.4. The molecule has 1 amide bonds. The maximum absolute atomic E-state index is 15.2. The highest BCUT2D eigenvalue weighted by Gasteiger charge is 2.65. The number of aliphatic hydroxyl groups excluding tert-OH is 2. The lowest BCUT2D eigenvalue weighted by molar-refractivity contribution is -0.384. The van der Waals surface area contributed by atoms with Crippen molar-refractivity contribution in [3.8, 4) is 17.2 Å². The molecule has 1 saturated carbocycles. The van der Waals surface area contributed by atoms with Gasteiger partial charge in [-0.05, 0) is 112 Å². The molecule has 13 heteroatoms. The van der Waals surface area contributed by atoms with Gasteiger partial charge in [0.2, 0.25) is 11.7 Å². The number of allylic oxidation sites excluding steroid dienone is 1. The van der Waals surface area contributed by atoms with Crippen molar-refractivity contribution >= 4 is 17.3 Å². The van der Waals surface area contributed by atoms with Gasteiger partial charge in [-0.3, -0.25) is 14.9 Å². The first-order valence-electron chi connectivity index (χ1n) is 25.5. The van der Waals surface area contributed by atoms with Crippen LogP contribution in [0.15, 0.2) is 96.2 Å². The van der Waals surface area contributed by atoms with Crippen molar-refractivity contribution in [3.05, 3.63) is 118 Å². The highest BCUT2D eigenvalue weighted by atomic mass is 19.1. The second-order valence-electron chi connectivity index (χ2n) is 20.1. The molecule has 3 aliphatic rings. The number of rotatable bonds is 28. The SMILES string of the molecule is C=CCO[C@@]12Oc3ccc(Oc4cccc([N+](=O)[O-])c4)cc3[C@H]3[C@H](CCCCO)[C@@H](CCCCO)C=C(C(=NOC(C)(C)C)C[C@@H]1N(Cc1ccc(F)cc1)C(=O)CCCCCCCCCCC)[C@H]32. The van der Waals surface area contributed by atoms with Gasteiger partial charge in [-0.1, -0.05) is 107 Å². The maximum Gasteiger partial charge on any atom is 0.273 e. The fourth-order valence-corrected chi connectivity index (χ4v) is 10.6. The van der Waals surface area contributed by atoms with Gasteiger partial charge in [0.05, 0.1) is 29.2 Å². The third-order valence-corrected chi connectivity index (χ3v) is 13.8. The van der Waals surface area contributed by atoms with Gasteiger partial charge in [0.15, 0.2) is 0 Å². The average Bonchev–Trinajstić information content (AvgIpc) is 3.33. The molecule has 0 bridgehead atoms. The minimum absolute atomic E-state index is 0.0101. The largest absolute Gasteiger partial charge is 0.459 e. The number of ether oxygens (including phenoxy) is 3. The summed E-state index contributed by atoms with van der Waals surface area (Å²) in [6, 6.07) is 17.2. The van der Waals surface area contributed by atoms with E-state index in [0.717, 1.165) is 61.6 Å². The van der Waals surface area contributed by atoms with E-state index >= 15 is 4.79 Å². The van der Waals surface area contributed by atoms with Crippen molar-refractivity contribution in [2.75, 3.05) is 19.8 Å². The predicted molar refractivity (Wildman–Crippen MR) is 268 cm³/mol.